The van der Waals surface area contributed by atoms with Crippen molar-refractivity contribution in [3.05, 3.63) is 46.4 Å². The fourth-order valence-electron chi connectivity index (χ4n) is 3.97. The van der Waals surface area contributed by atoms with Crippen LogP contribution in [-0.4, -0.2) is 32.2 Å². The topological polar surface area (TPSA) is 55.2 Å². The highest BCUT2D eigenvalue weighted by Gasteiger charge is 2.35. The van der Waals surface area contributed by atoms with Crippen LogP contribution in [0, 0.1) is 0 Å². The van der Waals surface area contributed by atoms with Crippen LogP contribution in [0.1, 0.15) is 64.8 Å². The second-order valence-electron chi connectivity index (χ2n) is 8.07. The molecule has 0 radical (unpaired) electrons. The Kier molecular flexibility index (Phi) is 6.09. The van der Waals surface area contributed by atoms with Gasteiger partial charge in [0, 0.05) is 17.8 Å². The lowest BCUT2D eigenvalue weighted by Crippen LogP contribution is -2.35. The molecule has 1 amide bonds. The van der Waals surface area contributed by atoms with Gasteiger partial charge in [0.1, 0.15) is 0 Å². The molecule has 29 heavy (non-hydrogen) atoms. The molecule has 6 heteroatoms. The Morgan fingerprint density at radius 2 is 2.10 bits per heavy atom. The average molecular weight is 412 g/mol. The molecular weight excluding hydrogens is 382 g/mol. The lowest BCUT2D eigenvalue weighted by Gasteiger charge is -2.28. The summed E-state index contributed by atoms with van der Waals surface area (Å²) in [4.78, 5) is 33.0. The lowest BCUT2D eigenvalue weighted by molar-refractivity contribution is -0.127. The summed E-state index contributed by atoms with van der Waals surface area (Å²) in [6.45, 7) is 4.10. The van der Waals surface area contributed by atoms with Crippen molar-refractivity contribution in [2.75, 3.05) is 5.75 Å². The van der Waals surface area contributed by atoms with Crippen LogP contribution >= 0.6 is 11.8 Å². The third-order valence-corrected chi connectivity index (χ3v) is 6.83. The molecule has 2 aliphatic rings. The van der Waals surface area contributed by atoms with Gasteiger partial charge in [-0.2, -0.15) is 0 Å². The number of carbonyl (C=O) groups excluding carboxylic acids is 1. The van der Waals surface area contributed by atoms with Crippen molar-refractivity contribution in [1.82, 2.24) is 14.5 Å². The molecule has 0 bridgehead atoms. The monoisotopic (exact) mass is 411 g/mol. The maximum Gasteiger partial charge on any atom is 0.262 e. The van der Waals surface area contributed by atoms with Gasteiger partial charge in [0.2, 0.25) is 5.91 Å². The number of hydrogen-bond acceptors (Lipinski definition) is 4. The van der Waals surface area contributed by atoms with Crippen molar-refractivity contribution in [2.24, 2.45) is 0 Å². The highest BCUT2D eigenvalue weighted by molar-refractivity contribution is 7.99. The number of allylic oxidation sites excluding steroid dienone is 2. The molecule has 0 unspecified atom stereocenters. The Morgan fingerprint density at radius 3 is 2.79 bits per heavy atom. The zero-order chi connectivity index (χ0) is 20.4. The van der Waals surface area contributed by atoms with Crippen molar-refractivity contribution in [1.29, 1.82) is 0 Å². The second kappa shape index (κ2) is 8.74. The number of carbonyl (C=O) groups is 1. The molecule has 2 aliphatic carbocycles. The first-order valence-electron chi connectivity index (χ1n) is 10.7. The van der Waals surface area contributed by atoms with Crippen molar-refractivity contribution >= 4 is 28.6 Å². The van der Waals surface area contributed by atoms with E-state index in [1.807, 2.05) is 36.1 Å². The Morgan fingerprint density at radius 1 is 1.31 bits per heavy atom. The summed E-state index contributed by atoms with van der Waals surface area (Å²) >= 11 is 1.40. The SMILES string of the molecule is CC[C@H](C)n1c(SCC(=O)N(C2=CCCCC2)C2CC2)nc2ccccc2c1=O. The average Bonchev–Trinajstić information content (AvgIpc) is 3.58. The third-order valence-electron chi connectivity index (χ3n) is 5.89. The number of rotatable bonds is 7. The van der Waals surface area contributed by atoms with Gasteiger partial charge in [-0.15, -0.1) is 0 Å². The predicted molar refractivity (Wildman–Crippen MR) is 118 cm³/mol. The normalized spacial score (nSPS) is 17.8. The number of benzene rings is 1. The van der Waals surface area contributed by atoms with Crippen molar-refractivity contribution < 1.29 is 4.79 Å². The van der Waals surface area contributed by atoms with E-state index in [4.69, 9.17) is 4.98 Å². The first-order chi connectivity index (χ1) is 14.1. The summed E-state index contributed by atoms with van der Waals surface area (Å²) in [5.41, 5.74) is 1.88. The molecule has 1 fully saturated rings. The molecule has 1 heterocycles. The van der Waals surface area contributed by atoms with Crippen LogP contribution in [-0.2, 0) is 4.79 Å². The minimum absolute atomic E-state index is 0.0195. The summed E-state index contributed by atoms with van der Waals surface area (Å²) in [5, 5.41) is 1.28. The fourth-order valence-corrected chi connectivity index (χ4v) is 4.92. The molecule has 0 spiro atoms. The molecule has 1 atom stereocenters. The number of nitrogens with zero attached hydrogens (tertiary/aromatic N) is 3. The highest BCUT2D eigenvalue weighted by Crippen LogP contribution is 2.34. The van der Waals surface area contributed by atoms with E-state index < -0.39 is 0 Å². The first-order valence-corrected chi connectivity index (χ1v) is 11.7. The molecule has 2 aromatic rings. The molecule has 154 valence electrons. The molecule has 1 aromatic heterocycles. The molecule has 1 aromatic carbocycles. The molecule has 5 nitrogen and oxygen atoms in total. The smallest absolute Gasteiger partial charge is 0.262 e. The van der Waals surface area contributed by atoms with Gasteiger partial charge >= 0.3 is 0 Å². The van der Waals surface area contributed by atoms with Gasteiger partial charge in [0.15, 0.2) is 5.16 Å². The van der Waals surface area contributed by atoms with E-state index in [0.29, 0.717) is 27.9 Å². The number of para-hydroxylation sites is 1. The lowest BCUT2D eigenvalue weighted by atomic mass is 10.0. The van der Waals surface area contributed by atoms with E-state index in [1.165, 1.54) is 23.9 Å². The number of thioether (sulfide) groups is 1. The Balaban J connectivity index is 1.60. The summed E-state index contributed by atoms with van der Waals surface area (Å²) in [6.07, 6.45) is 9.72. The van der Waals surface area contributed by atoms with E-state index in [1.54, 1.807) is 4.57 Å². The van der Waals surface area contributed by atoms with Crippen LogP contribution in [0.3, 0.4) is 0 Å². The maximum absolute atomic E-state index is 13.1. The van der Waals surface area contributed by atoms with Crippen LogP contribution in [0.5, 0.6) is 0 Å². The van der Waals surface area contributed by atoms with Gasteiger partial charge in [-0.25, -0.2) is 4.98 Å². The molecule has 1 saturated carbocycles. The van der Waals surface area contributed by atoms with Gasteiger partial charge in [0.25, 0.3) is 5.56 Å². The van der Waals surface area contributed by atoms with Crippen LogP contribution in [0.4, 0.5) is 0 Å². The fraction of sp³-hybridized carbons (Fsp3) is 0.522. The number of hydrogen-bond donors (Lipinski definition) is 0. The minimum Gasteiger partial charge on any atom is -0.313 e. The van der Waals surface area contributed by atoms with Crippen molar-refractivity contribution in [3.8, 4) is 0 Å². The quantitative estimate of drug-likeness (QED) is 0.480. The van der Waals surface area contributed by atoms with Crippen LogP contribution in [0.2, 0.25) is 0 Å². The van der Waals surface area contributed by atoms with Gasteiger partial charge in [0.05, 0.1) is 16.7 Å². The number of fused-ring (bicyclic) bond motifs is 1. The van der Waals surface area contributed by atoms with Gasteiger partial charge < -0.3 is 4.90 Å². The van der Waals surface area contributed by atoms with Crippen molar-refractivity contribution in [3.63, 3.8) is 0 Å². The van der Waals surface area contributed by atoms with Crippen LogP contribution in [0.15, 0.2) is 46.0 Å². The Bertz CT molecular complexity index is 993. The standard InChI is InChI=1S/C23H29N3O2S/c1-3-16(2)25-22(28)19-11-7-8-12-20(19)24-23(25)29-15-21(27)26(18-13-14-18)17-9-5-4-6-10-17/h7-9,11-12,16,18H,3-6,10,13-15H2,1-2H3/t16-/m0/s1. The summed E-state index contributed by atoms with van der Waals surface area (Å²) in [6, 6.07) is 7.87. The zero-order valence-corrected chi connectivity index (χ0v) is 18.1. The minimum atomic E-state index is -0.0195. The largest absolute Gasteiger partial charge is 0.313 e. The Labute approximate surface area is 176 Å². The first kappa shape index (κ1) is 20.2. The number of aromatic nitrogens is 2. The van der Waals surface area contributed by atoms with Crippen LogP contribution in [0.25, 0.3) is 10.9 Å². The molecule has 0 N–H and O–H groups in total. The van der Waals surface area contributed by atoms with E-state index in [9.17, 15) is 9.59 Å². The van der Waals surface area contributed by atoms with Crippen molar-refractivity contribution in [2.45, 2.75) is 76.0 Å². The predicted octanol–water partition coefficient (Wildman–Crippen LogP) is 4.91. The van der Waals surface area contributed by atoms with Gasteiger partial charge in [-0.1, -0.05) is 36.9 Å². The zero-order valence-electron chi connectivity index (χ0n) is 17.3. The summed E-state index contributed by atoms with van der Waals surface area (Å²) < 4.78 is 1.77. The van der Waals surface area contributed by atoms with E-state index in [2.05, 4.69) is 13.0 Å². The van der Waals surface area contributed by atoms with Gasteiger partial charge in [-0.05, 0) is 64.0 Å². The van der Waals surface area contributed by atoms with Gasteiger partial charge in [-0.3, -0.25) is 14.2 Å². The van der Waals surface area contributed by atoms with E-state index >= 15 is 0 Å². The molecule has 0 aliphatic heterocycles. The highest BCUT2D eigenvalue weighted by atomic mass is 32.2. The maximum atomic E-state index is 13.1. The Hall–Kier alpha value is -2.08. The van der Waals surface area contributed by atoms with E-state index in [0.717, 1.165) is 38.5 Å². The summed E-state index contributed by atoms with van der Waals surface area (Å²) in [7, 11) is 0. The second-order valence-corrected chi connectivity index (χ2v) is 9.01. The molecule has 0 saturated heterocycles. The summed E-state index contributed by atoms with van der Waals surface area (Å²) in [5.74, 6) is 0.457. The molecular formula is C23H29N3O2S. The third kappa shape index (κ3) is 4.27. The van der Waals surface area contributed by atoms with Crippen LogP contribution < -0.4 is 5.56 Å². The number of amides is 1. The molecule has 4 rings (SSSR count). The van der Waals surface area contributed by atoms with E-state index in [-0.39, 0.29) is 17.5 Å².